The van der Waals surface area contributed by atoms with Crippen LogP contribution < -0.4 is 16.4 Å². The van der Waals surface area contributed by atoms with Gasteiger partial charge >= 0.3 is 11.9 Å². The summed E-state index contributed by atoms with van der Waals surface area (Å²) >= 11 is 0. The van der Waals surface area contributed by atoms with Gasteiger partial charge in [-0.15, -0.1) is 0 Å². The molecule has 0 saturated carbocycles. The largest absolute Gasteiger partial charge is 0.480 e. The summed E-state index contributed by atoms with van der Waals surface area (Å²) in [5.74, 6) is -3.72. The van der Waals surface area contributed by atoms with Crippen LogP contribution in [0.25, 0.3) is 0 Å². The summed E-state index contributed by atoms with van der Waals surface area (Å²) in [4.78, 5) is 51.1. The quantitative estimate of drug-likeness (QED) is 0.109. The minimum atomic E-state index is -1.95. The Hall–Kier alpha value is -3.31. The van der Waals surface area contributed by atoms with Gasteiger partial charge in [0.05, 0.1) is 12.9 Å². The zero-order chi connectivity index (χ0) is 32.4. The van der Waals surface area contributed by atoms with E-state index in [1.54, 1.807) is 0 Å². The summed E-state index contributed by atoms with van der Waals surface area (Å²) in [6.45, 7) is 0.584. The first-order chi connectivity index (χ1) is 20.2. The summed E-state index contributed by atoms with van der Waals surface area (Å²) in [5.41, 5.74) is 5.85. The predicted octanol–water partition coefficient (Wildman–Crippen LogP) is -6.29. The second kappa shape index (κ2) is 16.5. The van der Waals surface area contributed by atoms with Crippen LogP contribution in [0.1, 0.15) is 19.0 Å². The van der Waals surface area contributed by atoms with Crippen molar-refractivity contribution in [2.45, 2.75) is 87.2 Å². The van der Waals surface area contributed by atoms with Crippen LogP contribution in [0, 0.1) is 0 Å². The summed E-state index contributed by atoms with van der Waals surface area (Å²) in [5, 5.41) is 81.7. The van der Waals surface area contributed by atoms with Crippen LogP contribution in [0.2, 0.25) is 0 Å². The maximum Gasteiger partial charge on any atom is 0.335 e. The number of amides is 2. The summed E-state index contributed by atoms with van der Waals surface area (Å²) in [7, 11) is 0. The molecule has 3 heterocycles. The molecule has 244 valence electrons. The maximum atomic E-state index is 11.4. The number of carbonyl (C=O) groups is 4. The zero-order valence-electron chi connectivity index (χ0n) is 22.8. The van der Waals surface area contributed by atoms with Crippen LogP contribution >= 0.6 is 0 Å². The third-order valence-corrected chi connectivity index (χ3v) is 6.33. The van der Waals surface area contributed by atoms with E-state index in [0.29, 0.717) is 5.69 Å². The van der Waals surface area contributed by atoms with Gasteiger partial charge in [0, 0.05) is 38.2 Å². The molecular formula is C23H37N5O15. The van der Waals surface area contributed by atoms with E-state index < -0.39 is 91.8 Å². The van der Waals surface area contributed by atoms with Crippen molar-refractivity contribution in [3.63, 3.8) is 0 Å². The first kappa shape index (κ1) is 35.9. The van der Waals surface area contributed by atoms with Gasteiger partial charge in [0.25, 0.3) is 0 Å². The van der Waals surface area contributed by atoms with Gasteiger partial charge in [-0.25, -0.2) is 14.6 Å². The van der Waals surface area contributed by atoms with Crippen LogP contribution in [-0.2, 0) is 39.8 Å². The molecule has 20 heteroatoms. The highest BCUT2D eigenvalue weighted by atomic mass is 16.7. The van der Waals surface area contributed by atoms with Crippen LogP contribution in [0.5, 0.6) is 0 Å². The molecular weight excluding hydrogens is 586 g/mol. The van der Waals surface area contributed by atoms with Gasteiger partial charge < -0.3 is 76.4 Å². The fraction of sp³-hybridized carbons (Fsp3) is 0.696. The van der Waals surface area contributed by atoms with E-state index >= 15 is 0 Å². The van der Waals surface area contributed by atoms with Gasteiger partial charge in [-0.1, -0.05) is 0 Å². The van der Waals surface area contributed by atoms with Gasteiger partial charge in [-0.2, -0.15) is 0 Å². The lowest BCUT2D eigenvalue weighted by atomic mass is 9.95. The van der Waals surface area contributed by atoms with Crippen LogP contribution in [-0.4, -0.2) is 155 Å². The fourth-order valence-corrected chi connectivity index (χ4v) is 4.17. The molecule has 13 N–H and O–H groups in total. The molecule has 2 saturated heterocycles. The molecule has 2 fully saturated rings. The minimum Gasteiger partial charge on any atom is -0.480 e. The second-order valence-corrected chi connectivity index (χ2v) is 9.58. The molecule has 2 aliphatic rings. The SMILES string of the molecule is CC(=O)N[C@@H]1[C@@H](O[C@@H]2O[C@H](C(=O)O)[C@@H](O)[C@H](O)[C@H]2O)[C@H](O)[C@@H](CO)O[C@H]1O.NCCC(=O)N[C@H](Cc1cnc[nH]1)C(=O)O. The van der Waals surface area contributed by atoms with E-state index in [9.17, 15) is 49.8 Å². The first-order valence-electron chi connectivity index (χ1n) is 12.9. The number of ether oxygens (including phenoxy) is 3. The number of aromatic nitrogens is 2. The van der Waals surface area contributed by atoms with Crippen molar-refractivity contribution in [2.24, 2.45) is 5.73 Å². The third kappa shape index (κ3) is 9.86. The lowest BCUT2D eigenvalue weighted by molar-refractivity contribution is -0.336. The maximum absolute atomic E-state index is 11.4. The number of H-pyrrole nitrogens is 1. The Morgan fingerprint density at radius 2 is 1.74 bits per heavy atom. The van der Waals surface area contributed by atoms with Gasteiger partial charge in [-0.3, -0.25) is 9.59 Å². The van der Waals surface area contributed by atoms with E-state index in [-0.39, 0.29) is 25.3 Å². The number of nitrogens with two attached hydrogens (primary N) is 1. The molecule has 0 radical (unpaired) electrons. The first-order valence-corrected chi connectivity index (χ1v) is 12.9. The number of aliphatic hydroxyl groups excluding tert-OH is 6. The molecule has 0 spiro atoms. The Morgan fingerprint density at radius 1 is 1.07 bits per heavy atom. The lowest BCUT2D eigenvalue weighted by Crippen LogP contribution is -2.67. The summed E-state index contributed by atoms with van der Waals surface area (Å²) in [6.07, 6.45) is -12.5. The van der Waals surface area contributed by atoms with Crippen LogP contribution in [0.15, 0.2) is 12.5 Å². The number of carbonyl (C=O) groups excluding carboxylic acids is 2. The third-order valence-electron chi connectivity index (χ3n) is 6.33. The van der Waals surface area contributed by atoms with Crippen LogP contribution in [0.3, 0.4) is 0 Å². The smallest absolute Gasteiger partial charge is 0.335 e. The van der Waals surface area contributed by atoms with Gasteiger partial charge in [-0.05, 0) is 0 Å². The topological polar surface area (TPSA) is 337 Å². The molecule has 0 unspecified atom stereocenters. The number of aliphatic carboxylic acids is 2. The van der Waals surface area contributed by atoms with Crippen LogP contribution in [0.4, 0.5) is 0 Å². The molecule has 1 aromatic rings. The Morgan fingerprint density at radius 3 is 2.26 bits per heavy atom. The highest BCUT2D eigenvalue weighted by Crippen LogP contribution is 2.28. The standard InChI is InChI=1S/C14H23NO12.C9H14N4O3/c1-3(17)15-5-10(6(18)4(2-16)25-13(5)24)26-14-9(21)7(19)8(20)11(27-14)12(22)23;10-2-1-8(14)13-7(9(15)16)3-6-4-11-5-12-6/h4-11,13-14,16,18-21,24H,2H2,1H3,(H,15,17)(H,22,23);4-5,7H,1-3,10H2,(H,11,12)(H,13,14)(H,15,16)/t4-,5-,6-,7+,8+,9-,10-,11+,13-,14-;7-/m11/s1. The van der Waals surface area contributed by atoms with E-state index in [1.807, 2.05) is 0 Å². The highest BCUT2D eigenvalue weighted by Gasteiger charge is 2.52. The molecule has 11 atom stereocenters. The number of aliphatic hydroxyl groups is 6. The average Bonchev–Trinajstić information content (AvgIpc) is 3.45. The number of carboxylic acid groups (broad SMARTS) is 2. The van der Waals surface area contributed by atoms with Crippen molar-refractivity contribution in [3.8, 4) is 0 Å². The molecule has 0 aliphatic carbocycles. The van der Waals surface area contributed by atoms with Gasteiger partial charge in [0.1, 0.15) is 48.7 Å². The summed E-state index contributed by atoms with van der Waals surface area (Å²) in [6, 6.07) is -2.33. The number of hydrogen-bond acceptors (Lipinski definition) is 15. The molecule has 0 aromatic carbocycles. The van der Waals surface area contributed by atoms with Gasteiger partial charge in [0.15, 0.2) is 18.7 Å². The highest BCUT2D eigenvalue weighted by molar-refractivity contribution is 5.83. The number of hydrogen-bond donors (Lipinski definition) is 12. The van der Waals surface area contributed by atoms with Gasteiger partial charge in [0.2, 0.25) is 11.8 Å². The van der Waals surface area contributed by atoms with Crippen molar-refractivity contribution < 1.29 is 74.2 Å². The van der Waals surface area contributed by atoms with Crippen molar-refractivity contribution in [1.29, 1.82) is 0 Å². The average molecular weight is 624 g/mol. The van der Waals surface area contributed by atoms with Crippen molar-refractivity contribution in [1.82, 2.24) is 20.6 Å². The minimum absolute atomic E-state index is 0.118. The fourth-order valence-electron chi connectivity index (χ4n) is 4.17. The van der Waals surface area contributed by atoms with Crippen molar-refractivity contribution >= 4 is 23.8 Å². The van der Waals surface area contributed by atoms with E-state index in [4.69, 9.17) is 30.2 Å². The number of nitrogens with one attached hydrogen (secondary N) is 3. The van der Waals surface area contributed by atoms with Crippen molar-refractivity contribution in [3.05, 3.63) is 18.2 Å². The molecule has 20 nitrogen and oxygen atoms in total. The zero-order valence-corrected chi connectivity index (χ0v) is 22.8. The van der Waals surface area contributed by atoms with E-state index in [0.717, 1.165) is 6.92 Å². The Labute approximate surface area is 243 Å². The molecule has 3 rings (SSSR count). The lowest BCUT2D eigenvalue weighted by Gasteiger charge is -2.46. The number of carboxylic acids is 2. The monoisotopic (exact) mass is 623 g/mol. The molecule has 43 heavy (non-hydrogen) atoms. The Bertz CT molecular complexity index is 1060. The van der Waals surface area contributed by atoms with E-state index in [1.165, 1.54) is 12.5 Å². The second-order valence-electron chi connectivity index (χ2n) is 9.58. The Balaban J connectivity index is 0.000000344. The molecule has 0 bridgehead atoms. The number of imidazole rings is 1. The van der Waals surface area contributed by atoms with Crippen molar-refractivity contribution in [2.75, 3.05) is 13.2 Å². The predicted molar refractivity (Wildman–Crippen MR) is 136 cm³/mol. The normalized spacial score (nSPS) is 32.9. The molecule has 2 amide bonds. The Kier molecular flexibility index (Phi) is 13.8. The number of nitrogens with zero attached hydrogens (tertiary/aromatic N) is 1. The number of aromatic amines is 1. The molecule has 2 aliphatic heterocycles. The molecule has 1 aromatic heterocycles. The van der Waals surface area contributed by atoms with E-state index in [2.05, 4.69) is 20.6 Å². The summed E-state index contributed by atoms with van der Waals surface area (Å²) < 4.78 is 15.3. The number of rotatable bonds is 11.